The average molecular weight is 1840 g/mol. The van der Waals surface area contributed by atoms with Gasteiger partial charge < -0.3 is 0 Å². The van der Waals surface area contributed by atoms with Gasteiger partial charge in [-0.15, -0.1) is 40.8 Å². The second-order valence-electron chi connectivity index (χ2n) is 41.5. The number of aryl methyl sites for hydroxylation is 10. The molecule has 138 heavy (non-hydrogen) atoms. The standard InChI is InChI=1S/C35H37N3.C34H35N3.C29H35N3Si.C25H25N3.C2H6/c1-22-17-23(2)21-29(20-22)27-9-11-28(12-10-27)33-36-37-34(32-25(4)18-24(3)19-26(32)5)38(33)31-15-13-30(14-16-31)35(6,7)8;1-23(2)22-26(5)27-14-16-30(17-15-27)33-35-36-34(32-24(3)10-9-11-25(32)4)37(33)31-20-18-29(19-21-31)28-12-7-6-8-13-28;1-20-10-9-11-21(2)26(20)28-31-30-27(22-12-18-25(19-13-22)33(6,7)8)32(28)24-16-14-23(15-17-24)29(3,4)5;1-18-10-8-9-13-22(18)24-27-26-23(19-11-6-5-7-12-19)28(24)21-16-14-20(15-17-21)25(2,3)4;1-2/h9-21H,1-8H3;6-21,23,26H,22H2,1-5H3;9-19H,1-8H3;5-17H,1-4H3;1-2H3. The van der Waals surface area contributed by atoms with Gasteiger partial charge in [0, 0.05) is 67.3 Å². The van der Waals surface area contributed by atoms with E-state index in [1.54, 1.807) is 0 Å². The van der Waals surface area contributed by atoms with Crippen LogP contribution in [0.3, 0.4) is 0 Å². The van der Waals surface area contributed by atoms with Gasteiger partial charge in [0.1, 0.15) is 0 Å². The van der Waals surface area contributed by atoms with Gasteiger partial charge in [-0.3, -0.25) is 18.3 Å². The van der Waals surface area contributed by atoms with Gasteiger partial charge in [-0.05, 0) is 236 Å². The van der Waals surface area contributed by atoms with Crippen LogP contribution in [0.2, 0.25) is 19.6 Å². The van der Waals surface area contributed by atoms with Crippen LogP contribution in [0.15, 0.2) is 322 Å². The zero-order valence-corrected chi connectivity index (χ0v) is 87.3. The summed E-state index contributed by atoms with van der Waals surface area (Å²) < 4.78 is 8.79. The van der Waals surface area contributed by atoms with Gasteiger partial charge in [0.25, 0.3) is 0 Å². The summed E-state index contributed by atoms with van der Waals surface area (Å²) in [5.41, 5.74) is 35.7. The molecule has 0 amide bonds. The molecule has 18 rings (SSSR count). The van der Waals surface area contributed by atoms with E-state index in [1.807, 2.05) is 44.2 Å². The monoisotopic (exact) mass is 1840 g/mol. The lowest BCUT2D eigenvalue weighted by Crippen LogP contribution is -2.37. The normalized spacial score (nSPS) is 11.8. The third-order valence-electron chi connectivity index (χ3n) is 25.9. The minimum Gasteiger partial charge on any atom is -0.275 e. The van der Waals surface area contributed by atoms with E-state index in [2.05, 4.69) is 492 Å². The lowest BCUT2D eigenvalue weighted by atomic mass is 9.87. The Morgan fingerprint density at radius 2 is 0.514 bits per heavy atom. The van der Waals surface area contributed by atoms with Crippen LogP contribution < -0.4 is 5.19 Å². The third kappa shape index (κ3) is 22.9. The fourth-order valence-electron chi connectivity index (χ4n) is 18.4. The van der Waals surface area contributed by atoms with Crippen molar-refractivity contribution in [2.75, 3.05) is 0 Å². The number of nitrogens with zero attached hydrogens (tertiary/aromatic N) is 12. The molecule has 14 aromatic carbocycles. The Morgan fingerprint density at radius 3 is 0.877 bits per heavy atom. The molecule has 4 heterocycles. The van der Waals surface area contributed by atoms with Crippen molar-refractivity contribution in [3.8, 4) is 136 Å². The summed E-state index contributed by atoms with van der Waals surface area (Å²) in [7, 11) is -1.36. The van der Waals surface area contributed by atoms with E-state index >= 15 is 0 Å². The topological polar surface area (TPSA) is 123 Å². The molecule has 1 atom stereocenters. The molecule has 13 heteroatoms. The van der Waals surface area contributed by atoms with Gasteiger partial charge in [0.15, 0.2) is 46.6 Å². The molecule has 12 nitrogen and oxygen atoms in total. The molecule has 0 saturated carbocycles. The first kappa shape index (κ1) is 99.8. The van der Waals surface area contributed by atoms with Crippen molar-refractivity contribution in [3.63, 3.8) is 0 Å². The van der Waals surface area contributed by atoms with Crippen molar-refractivity contribution in [2.45, 2.75) is 214 Å². The predicted molar refractivity (Wildman–Crippen MR) is 585 cm³/mol. The molecule has 0 aliphatic rings. The molecular weight excluding hydrogens is 1700 g/mol. The summed E-state index contributed by atoms with van der Waals surface area (Å²) >= 11 is 0. The maximum atomic E-state index is 4.78. The van der Waals surface area contributed by atoms with Crippen molar-refractivity contribution < 1.29 is 0 Å². The first-order valence-corrected chi connectivity index (χ1v) is 52.4. The Bertz CT molecular complexity index is 7080. The van der Waals surface area contributed by atoms with Crippen LogP contribution in [0.25, 0.3) is 136 Å². The quantitative estimate of drug-likeness (QED) is 0.0779. The molecule has 0 saturated heterocycles. The molecule has 0 bridgehead atoms. The van der Waals surface area contributed by atoms with Crippen molar-refractivity contribution >= 4 is 13.3 Å². The zero-order valence-electron chi connectivity index (χ0n) is 86.3. The van der Waals surface area contributed by atoms with Crippen LogP contribution in [0.5, 0.6) is 0 Å². The van der Waals surface area contributed by atoms with Crippen LogP contribution in [-0.4, -0.2) is 67.1 Å². The van der Waals surface area contributed by atoms with Crippen molar-refractivity contribution in [2.24, 2.45) is 5.92 Å². The lowest BCUT2D eigenvalue weighted by Gasteiger charge is -2.20. The maximum absolute atomic E-state index is 4.78. The van der Waals surface area contributed by atoms with Crippen molar-refractivity contribution in [1.29, 1.82) is 0 Å². The van der Waals surface area contributed by atoms with E-state index in [1.165, 1.54) is 112 Å². The Balaban J connectivity index is 0.000000147. The fraction of sp³-hybridized carbons (Fsp3) is 0.264. The zero-order chi connectivity index (χ0) is 98.8. The van der Waals surface area contributed by atoms with Gasteiger partial charge in [0.05, 0.1) is 8.07 Å². The largest absolute Gasteiger partial charge is 0.275 e. The van der Waals surface area contributed by atoms with E-state index in [9.17, 15) is 0 Å². The summed E-state index contributed by atoms with van der Waals surface area (Å²) in [5, 5.41) is 39.1. The molecule has 1 unspecified atom stereocenters. The molecule has 0 N–H and O–H groups in total. The third-order valence-corrected chi connectivity index (χ3v) is 27.9. The van der Waals surface area contributed by atoms with Crippen LogP contribution in [-0.2, 0) is 16.2 Å². The molecule has 0 aliphatic carbocycles. The number of hydrogen-bond acceptors (Lipinski definition) is 8. The second kappa shape index (κ2) is 42.6. The number of aromatic nitrogens is 12. The van der Waals surface area contributed by atoms with E-state index in [0.29, 0.717) is 11.8 Å². The van der Waals surface area contributed by atoms with Crippen LogP contribution in [0, 0.1) is 75.2 Å². The summed E-state index contributed by atoms with van der Waals surface area (Å²) in [6.07, 6.45) is 1.18. The minimum atomic E-state index is -1.36. The molecule has 0 fully saturated rings. The van der Waals surface area contributed by atoms with E-state index < -0.39 is 8.07 Å². The van der Waals surface area contributed by atoms with Crippen LogP contribution >= 0.6 is 0 Å². The molecule has 0 radical (unpaired) electrons. The van der Waals surface area contributed by atoms with Crippen molar-refractivity contribution in [3.05, 3.63) is 399 Å². The fourth-order valence-corrected chi connectivity index (χ4v) is 19.6. The van der Waals surface area contributed by atoms with E-state index in [-0.39, 0.29) is 16.2 Å². The van der Waals surface area contributed by atoms with E-state index in [4.69, 9.17) is 30.6 Å². The molecule has 4 aromatic heterocycles. The number of hydrogen-bond donors (Lipinski definition) is 0. The summed E-state index contributed by atoms with van der Waals surface area (Å²) in [4.78, 5) is 0. The molecule has 18 aromatic rings. The van der Waals surface area contributed by atoms with Gasteiger partial charge in [-0.1, -0.05) is 411 Å². The van der Waals surface area contributed by atoms with Crippen LogP contribution in [0.1, 0.15) is 187 Å². The predicted octanol–water partition coefficient (Wildman–Crippen LogP) is 32.4. The maximum Gasteiger partial charge on any atom is 0.169 e. The molecule has 0 spiro atoms. The Morgan fingerprint density at radius 1 is 0.246 bits per heavy atom. The highest BCUT2D eigenvalue weighted by molar-refractivity contribution is 6.88. The summed E-state index contributed by atoms with van der Waals surface area (Å²) in [6, 6.07) is 115. The smallest absolute Gasteiger partial charge is 0.169 e. The highest BCUT2D eigenvalue weighted by atomic mass is 28.3. The Hall–Kier alpha value is -14.1. The minimum absolute atomic E-state index is 0.0888. The lowest BCUT2D eigenvalue weighted by molar-refractivity contribution is 0.524. The Labute approximate surface area is 822 Å². The molecular formula is C125H138N12Si. The van der Waals surface area contributed by atoms with Gasteiger partial charge in [0.2, 0.25) is 0 Å². The summed E-state index contributed by atoms with van der Waals surface area (Å²) in [5.74, 6) is 8.12. The highest BCUT2D eigenvalue weighted by Crippen LogP contribution is 2.41. The average Bonchev–Trinajstić information content (AvgIpc) is 1.58. The number of rotatable bonds is 18. The van der Waals surface area contributed by atoms with E-state index in [0.717, 1.165) is 114 Å². The molecule has 0 aliphatic heterocycles. The van der Waals surface area contributed by atoms with Gasteiger partial charge in [-0.25, -0.2) is 0 Å². The first-order valence-electron chi connectivity index (χ1n) is 48.9. The van der Waals surface area contributed by atoms with Gasteiger partial charge in [-0.2, -0.15) is 0 Å². The summed E-state index contributed by atoms with van der Waals surface area (Å²) in [6.45, 7) is 59.6. The Kier molecular flexibility index (Phi) is 30.8. The number of benzene rings is 14. The highest BCUT2D eigenvalue weighted by Gasteiger charge is 2.28. The first-order chi connectivity index (χ1) is 65.8. The van der Waals surface area contributed by atoms with Gasteiger partial charge >= 0.3 is 0 Å². The van der Waals surface area contributed by atoms with Crippen LogP contribution in [0.4, 0.5) is 0 Å². The SMILES string of the molecule is CC.Cc1cc(C)cc(-c2ccc(-c3nnc(-c4c(C)cc(C)cc4C)n3-c3ccc(C(C)(C)C)cc3)cc2)c1.Cc1cccc(C)c1-c1nnc(-c2ccc(C(C)CC(C)C)cc2)n1-c1ccc(-c2ccccc2)cc1.Cc1cccc(C)c1-c1nnc(-c2ccc([Si](C)(C)C)cc2)n1-c1ccc(C(C)(C)C)cc1.Cc1ccccc1-c1nnc(-c2ccccc2)n1-c1ccc(C(C)(C)C)cc1. The second-order valence-corrected chi connectivity index (χ2v) is 46.5. The van der Waals surface area contributed by atoms with Crippen molar-refractivity contribution in [1.82, 2.24) is 59.1 Å². The molecule has 702 valence electrons.